The van der Waals surface area contributed by atoms with Crippen LogP contribution < -0.4 is 0 Å². The first-order valence-corrected chi connectivity index (χ1v) is 15.6. The molecular weight excluding hydrogens is 412 g/mol. The summed E-state index contributed by atoms with van der Waals surface area (Å²) in [5.41, 5.74) is 0. The second-order valence-electron chi connectivity index (χ2n) is 11.9. The van der Waals surface area contributed by atoms with Gasteiger partial charge in [-0.2, -0.15) is 0 Å². The first kappa shape index (κ1) is 28.0. The van der Waals surface area contributed by atoms with Crippen LogP contribution >= 0.6 is 0 Å². The zero-order valence-electron chi connectivity index (χ0n) is 22.7. The van der Waals surface area contributed by atoms with Gasteiger partial charge in [-0.3, -0.25) is 0 Å². The van der Waals surface area contributed by atoms with Gasteiger partial charge in [0.05, 0.1) is 0 Å². The summed E-state index contributed by atoms with van der Waals surface area (Å²) in [6, 6.07) is 0. The molecule has 34 heavy (non-hydrogen) atoms. The fourth-order valence-electron chi connectivity index (χ4n) is 6.52. The molecule has 3 aliphatic rings. The Morgan fingerprint density at radius 3 is 1.24 bits per heavy atom. The van der Waals surface area contributed by atoms with Crippen molar-refractivity contribution >= 4 is 0 Å². The molecule has 2 fully saturated rings. The van der Waals surface area contributed by atoms with Gasteiger partial charge < -0.3 is 9.80 Å². The van der Waals surface area contributed by atoms with Crippen LogP contribution in [0.25, 0.3) is 0 Å². The standard InChI is InChI=1S/C32H58N2/c1-3-7-11-15-21-31-23-19-28-34(29-31)26-18-14-10-6-2-4-8-12-16-22-32-24-20-27-33(30-32)25-17-13-9-5-1/h11-12,15-16,31-32H,1-10,13-14,17-30H2. The van der Waals surface area contributed by atoms with E-state index in [0.29, 0.717) is 0 Å². The summed E-state index contributed by atoms with van der Waals surface area (Å²) in [4.78, 5) is 5.54. The topological polar surface area (TPSA) is 6.48 Å². The van der Waals surface area contributed by atoms with Gasteiger partial charge >= 0.3 is 0 Å². The maximum atomic E-state index is 2.77. The van der Waals surface area contributed by atoms with E-state index in [4.69, 9.17) is 0 Å². The molecule has 0 aromatic rings. The summed E-state index contributed by atoms with van der Waals surface area (Å²) in [7, 11) is 0. The molecule has 0 spiro atoms. The number of rotatable bonds is 0. The summed E-state index contributed by atoms with van der Waals surface area (Å²) in [6.45, 7) is 8.11. The lowest BCUT2D eigenvalue weighted by Crippen LogP contribution is -2.35. The third-order valence-corrected chi connectivity index (χ3v) is 8.67. The number of allylic oxidation sites excluding steroid dienone is 4. The van der Waals surface area contributed by atoms with E-state index in [1.165, 1.54) is 168 Å². The Kier molecular flexibility index (Phi) is 15.3. The third-order valence-electron chi connectivity index (χ3n) is 8.67. The van der Waals surface area contributed by atoms with Crippen molar-refractivity contribution in [3.63, 3.8) is 0 Å². The minimum absolute atomic E-state index is 0.917. The maximum Gasteiger partial charge on any atom is 0.00126 e. The van der Waals surface area contributed by atoms with E-state index in [9.17, 15) is 0 Å². The van der Waals surface area contributed by atoms with Gasteiger partial charge in [-0.05, 0) is 115 Å². The Morgan fingerprint density at radius 2 is 0.765 bits per heavy atom. The predicted molar refractivity (Wildman–Crippen MR) is 150 cm³/mol. The lowest BCUT2D eigenvalue weighted by Gasteiger charge is -2.32. The Labute approximate surface area is 213 Å². The molecule has 0 aliphatic carbocycles. The number of fused-ring (bicyclic) bond motifs is 4. The number of piperidine rings is 2. The number of nitrogens with zero attached hydrogens (tertiary/aromatic N) is 2. The van der Waals surface area contributed by atoms with E-state index < -0.39 is 0 Å². The SMILES string of the molecule is C1=CCC2CCCN(CCCCCCCCC=CCC3CCCN(CCCCCCCC1)C3)C2. The molecule has 4 bridgehead atoms. The van der Waals surface area contributed by atoms with E-state index in [-0.39, 0.29) is 0 Å². The van der Waals surface area contributed by atoms with Crippen molar-refractivity contribution < 1.29 is 0 Å². The predicted octanol–water partition coefficient (Wildman–Crippen LogP) is 8.78. The Bertz CT molecular complexity index is 491. The monoisotopic (exact) mass is 470 g/mol. The Balaban J connectivity index is 1.35. The van der Waals surface area contributed by atoms with Crippen molar-refractivity contribution in [2.24, 2.45) is 11.8 Å². The molecule has 4 unspecified atom stereocenters. The molecule has 2 saturated heterocycles. The second-order valence-corrected chi connectivity index (χ2v) is 11.9. The summed E-state index contributed by atoms with van der Waals surface area (Å²) < 4.78 is 0. The zero-order chi connectivity index (χ0) is 23.5. The van der Waals surface area contributed by atoms with Crippen molar-refractivity contribution in [1.82, 2.24) is 9.80 Å². The largest absolute Gasteiger partial charge is 0.303 e. The molecule has 0 radical (unpaired) electrons. The van der Waals surface area contributed by atoms with Gasteiger partial charge in [-0.1, -0.05) is 75.7 Å². The van der Waals surface area contributed by atoms with Crippen LogP contribution in [0.5, 0.6) is 0 Å². The second kappa shape index (κ2) is 18.6. The van der Waals surface area contributed by atoms with Gasteiger partial charge in [-0.25, -0.2) is 0 Å². The normalized spacial score (nSPS) is 32.9. The average molecular weight is 471 g/mol. The smallest absolute Gasteiger partial charge is 0.00126 e. The summed E-state index contributed by atoms with van der Waals surface area (Å²) in [6.07, 6.45) is 38.2. The van der Waals surface area contributed by atoms with Gasteiger partial charge in [0.1, 0.15) is 0 Å². The average Bonchev–Trinajstić information content (AvgIpc) is 2.86. The Hall–Kier alpha value is -0.600. The van der Waals surface area contributed by atoms with E-state index >= 15 is 0 Å². The molecule has 2 nitrogen and oxygen atoms in total. The van der Waals surface area contributed by atoms with Crippen molar-refractivity contribution in [3.8, 4) is 0 Å². The van der Waals surface area contributed by atoms with Crippen molar-refractivity contribution in [3.05, 3.63) is 24.3 Å². The van der Waals surface area contributed by atoms with Crippen LogP contribution in [0.15, 0.2) is 24.3 Å². The summed E-state index contributed by atoms with van der Waals surface area (Å²) >= 11 is 0. The maximum absolute atomic E-state index is 2.77. The molecule has 0 saturated carbocycles. The first-order chi connectivity index (χ1) is 16.9. The molecule has 3 aliphatic heterocycles. The molecule has 3 heterocycles. The number of hydrogen-bond acceptors (Lipinski definition) is 2. The van der Waals surface area contributed by atoms with E-state index in [1.54, 1.807) is 0 Å². The van der Waals surface area contributed by atoms with Crippen LogP contribution in [0.3, 0.4) is 0 Å². The van der Waals surface area contributed by atoms with Gasteiger partial charge in [0.2, 0.25) is 0 Å². The lowest BCUT2D eigenvalue weighted by atomic mass is 9.94. The van der Waals surface area contributed by atoms with Crippen molar-refractivity contribution in [2.45, 2.75) is 128 Å². The lowest BCUT2D eigenvalue weighted by molar-refractivity contribution is 0.172. The molecule has 4 atom stereocenters. The minimum atomic E-state index is 0.917. The molecule has 0 N–H and O–H groups in total. The van der Waals surface area contributed by atoms with Gasteiger partial charge in [0.25, 0.3) is 0 Å². The Morgan fingerprint density at radius 1 is 0.382 bits per heavy atom. The quantitative estimate of drug-likeness (QED) is 0.326. The van der Waals surface area contributed by atoms with Gasteiger partial charge in [0.15, 0.2) is 0 Å². The fraction of sp³-hybridized carbons (Fsp3) is 0.875. The van der Waals surface area contributed by atoms with Crippen LogP contribution in [0, 0.1) is 11.8 Å². The van der Waals surface area contributed by atoms with Crippen molar-refractivity contribution in [1.29, 1.82) is 0 Å². The van der Waals surface area contributed by atoms with Crippen LogP contribution in [0.4, 0.5) is 0 Å². The van der Waals surface area contributed by atoms with Gasteiger partial charge in [-0.15, -0.1) is 0 Å². The first-order valence-electron chi connectivity index (χ1n) is 15.6. The van der Waals surface area contributed by atoms with E-state index in [0.717, 1.165) is 11.8 Å². The highest BCUT2D eigenvalue weighted by atomic mass is 15.1. The van der Waals surface area contributed by atoms with Gasteiger partial charge in [0, 0.05) is 13.1 Å². The fourth-order valence-corrected chi connectivity index (χ4v) is 6.52. The minimum Gasteiger partial charge on any atom is -0.303 e. The highest BCUT2D eigenvalue weighted by Gasteiger charge is 2.19. The summed E-state index contributed by atoms with van der Waals surface area (Å²) in [5.74, 6) is 1.83. The molecule has 0 amide bonds. The highest BCUT2D eigenvalue weighted by Crippen LogP contribution is 2.22. The molecule has 2 heteroatoms. The zero-order valence-corrected chi connectivity index (χ0v) is 22.7. The van der Waals surface area contributed by atoms with E-state index in [1.807, 2.05) is 0 Å². The number of hydrogen-bond donors (Lipinski definition) is 0. The van der Waals surface area contributed by atoms with Crippen molar-refractivity contribution in [2.75, 3.05) is 39.3 Å². The third kappa shape index (κ3) is 12.9. The molecule has 3 rings (SSSR count). The molecule has 0 aromatic carbocycles. The highest BCUT2D eigenvalue weighted by molar-refractivity contribution is 4.87. The molecule has 0 aromatic heterocycles. The van der Waals surface area contributed by atoms with Crippen LogP contribution in [-0.4, -0.2) is 49.1 Å². The molecular formula is C32H58N2. The van der Waals surface area contributed by atoms with Crippen LogP contribution in [-0.2, 0) is 0 Å². The van der Waals surface area contributed by atoms with E-state index in [2.05, 4.69) is 34.1 Å². The van der Waals surface area contributed by atoms with Crippen LogP contribution in [0.1, 0.15) is 128 Å². The molecule has 196 valence electrons. The summed E-state index contributed by atoms with van der Waals surface area (Å²) in [5, 5.41) is 0. The van der Waals surface area contributed by atoms with Crippen LogP contribution in [0.2, 0.25) is 0 Å².